The van der Waals surface area contributed by atoms with E-state index in [2.05, 4.69) is 11.0 Å². The molecule has 2 aliphatic carbocycles. The third-order valence-corrected chi connectivity index (χ3v) is 9.41. The molecule has 2 atom stereocenters. The molecule has 2 aromatic carbocycles. The molecule has 0 radical (unpaired) electrons. The summed E-state index contributed by atoms with van der Waals surface area (Å²) in [5.74, 6) is -2.07. The fourth-order valence-corrected chi connectivity index (χ4v) is 6.72. The van der Waals surface area contributed by atoms with Crippen molar-refractivity contribution < 1.29 is 27.5 Å². The molecule has 236 valence electrons. The summed E-state index contributed by atoms with van der Waals surface area (Å²) in [6, 6.07) is 18.8. The number of halogens is 3. The standard InChI is InChI=1S/C35H42F3N3O3/c1-32(2,3)44-31(43)34(14-15-34)24-40-19-16-33(17-20-40,22-26-11-9-25(10-12-26)13-18-39)23-41(30(42)35(36,37)38)29-21-28(29)27-7-5-4-6-8-27/h4-12,28-29H,13-17,19-24H2,1-3H3/t28-,29+/m0/s1. The summed E-state index contributed by atoms with van der Waals surface area (Å²) >= 11 is 0. The zero-order valence-corrected chi connectivity index (χ0v) is 25.8. The Labute approximate surface area is 258 Å². The average Bonchev–Trinajstić information content (AvgIpc) is 3.89. The second-order valence-corrected chi connectivity index (χ2v) is 14.1. The molecule has 9 heteroatoms. The van der Waals surface area contributed by atoms with Crippen LogP contribution in [0.15, 0.2) is 54.6 Å². The van der Waals surface area contributed by atoms with E-state index in [1.165, 1.54) is 0 Å². The maximum Gasteiger partial charge on any atom is 0.471 e. The smallest absolute Gasteiger partial charge is 0.460 e. The average molecular weight is 610 g/mol. The Morgan fingerprint density at radius 2 is 1.59 bits per heavy atom. The zero-order valence-electron chi connectivity index (χ0n) is 25.8. The van der Waals surface area contributed by atoms with Crippen LogP contribution in [0.1, 0.15) is 75.5 Å². The number of carbonyl (C=O) groups excluding carboxylic acids is 2. The number of alkyl halides is 3. The SMILES string of the molecule is CC(C)(C)OC(=O)C1(CN2CCC(Cc3ccc(CC#N)cc3)(CN(C(=O)C(F)(F)F)[C@@H]3C[C@H]3c3ccccc3)CC2)CC1. The lowest BCUT2D eigenvalue weighted by Gasteiger charge is -2.45. The molecule has 1 saturated heterocycles. The molecule has 2 saturated carbocycles. The number of rotatable bonds is 10. The van der Waals surface area contributed by atoms with E-state index in [1.54, 1.807) is 0 Å². The molecule has 5 rings (SSSR count). The molecule has 3 fully saturated rings. The van der Waals surface area contributed by atoms with Crippen LogP contribution in [-0.4, -0.2) is 65.7 Å². The van der Waals surface area contributed by atoms with Crippen LogP contribution in [0.4, 0.5) is 13.2 Å². The van der Waals surface area contributed by atoms with Crippen LogP contribution in [0.5, 0.6) is 0 Å². The Kier molecular flexibility index (Phi) is 8.87. The van der Waals surface area contributed by atoms with Gasteiger partial charge in [-0.1, -0.05) is 54.6 Å². The third kappa shape index (κ3) is 7.63. The van der Waals surface area contributed by atoms with Gasteiger partial charge in [0.05, 0.1) is 17.9 Å². The maximum atomic E-state index is 14.0. The normalized spacial score (nSPS) is 22.5. The minimum Gasteiger partial charge on any atom is -0.460 e. The number of nitrogens with zero attached hydrogens (tertiary/aromatic N) is 3. The van der Waals surface area contributed by atoms with Gasteiger partial charge >= 0.3 is 18.1 Å². The fourth-order valence-electron chi connectivity index (χ4n) is 6.72. The van der Waals surface area contributed by atoms with Crippen molar-refractivity contribution in [1.29, 1.82) is 5.26 Å². The van der Waals surface area contributed by atoms with Crippen LogP contribution in [0, 0.1) is 22.2 Å². The van der Waals surface area contributed by atoms with Crippen LogP contribution in [-0.2, 0) is 27.2 Å². The zero-order chi connectivity index (χ0) is 31.8. The number of ether oxygens (including phenoxy) is 1. The molecule has 0 aromatic heterocycles. The maximum absolute atomic E-state index is 14.0. The van der Waals surface area contributed by atoms with Gasteiger partial charge in [0.2, 0.25) is 0 Å². The highest BCUT2D eigenvalue weighted by Crippen LogP contribution is 2.51. The van der Waals surface area contributed by atoms with E-state index in [1.807, 2.05) is 75.4 Å². The van der Waals surface area contributed by atoms with Crippen molar-refractivity contribution in [3.05, 3.63) is 71.3 Å². The van der Waals surface area contributed by atoms with Crippen LogP contribution in [0.3, 0.4) is 0 Å². The highest BCUT2D eigenvalue weighted by Gasteiger charge is 2.56. The summed E-state index contributed by atoms with van der Waals surface area (Å²) in [4.78, 5) is 29.3. The molecule has 1 aliphatic heterocycles. The van der Waals surface area contributed by atoms with Crippen molar-refractivity contribution in [3.63, 3.8) is 0 Å². The molecule has 1 amide bonds. The van der Waals surface area contributed by atoms with Crippen molar-refractivity contribution in [2.45, 2.75) is 89.5 Å². The number of piperidine rings is 1. The quantitative estimate of drug-likeness (QED) is 0.290. The van der Waals surface area contributed by atoms with Crippen LogP contribution >= 0.6 is 0 Å². The number of hydrogen-bond donors (Lipinski definition) is 0. The first-order chi connectivity index (χ1) is 20.7. The predicted molar refractivity (Wildman–Crippen MR) is 160 cm³/mol. The summed E-state index contributed by atoms with van der Waals surface area (Å²) in [5, 5.41) is 9.06. The van der Waals surface area contributed by atoms with Gasteiger partial charge in [-0.25, -0.2) is 0 Å². The summed E-state index contributed by atoms with van der Waals surface area (Å²) in [6.07, 6.45) is -0.898. The highest BCUT2D eigenvalue weighted by atomic mass is 19.4. The number of likely N-dealkylation sites (tertiary alicyclic amines) is 1. The summed E-state index contributed by atoms with van der Waals surface area (Å²) in [7, 11) is 0. The Morgan fingerprint density at radius 1 is 0.977 bits per heavy atom. The van der Waals surface area contributed by atoms with Gasteiger partial charge in [0.1, 0.15) is 5.60 Å². The number of hydrogen-bond acceptors (Lipinski definition) is 5. The molecule has 0 bridgehead atoms. The lowest BCUT2D eigenvalue weighted by Crippen LogP contribution is -2.53. The van der Waals surface area contributed by atoms with Gasteiger partial charge in [0, 0.05) is 25.0 Å². The van der Waals surface area contributed by atoms with Gasteiger partial charge in [0.25, 0.3) is 0 Å². The molecule has 2 aromatic rings. The van der Waals surface area contributed by atoms with Crippen LogP contribution in [0.2, 0.25) is 0 Å². The fraction of sp³-hybridized carbons (Fsp3) is 0.571. The first kappa shape index (κ1) is 32.0. The Morgan fingerprint density at radius 3 is 2.14 bits per heavy atom. The lowest BCUT2D eigenvalue weighted by molar-refractivity contribution is -0.188. The second-order valence-electron chi connectivity index (χ2n) is 14.1. The first-order valence-corrected chi connectivity index (χ1v) is 15.6. The van der Waals surface area contributed by atoms with Crippen molar-refractivity contribution in [3.8, 4) is 6.07 Å². The molecule has 0 spiro atoms. The Bertz CT molecular complexity index is 1370. The molecular formula is C35H42F3N3O3. The molecular weight excluding hydrogens is 567 g/mol. The summed E-state index contributed by atoms with van der Waals surface area (Å²) < 4.78 is 47.8. The van der Waals surface area contributed by atoms with E-state index in [9.17, 15) is 22.8 Å². The van der Waals surface area contributed by atoms with Crippen molar-refractivity contribution in [2.24, 2.45) is 10.8 Å². The largest absolute Gasteiger partial charge is 0.471 e. The molecule has 0 unspecified atom stereocenters. The number of nitriles is 1. The second kappa shape index (κ2) is 12.2. The van der Waals surface area contributed by atoms with Crippen molar-refractivity contribution >= 4 is 11.9 Å². The molecule has 6 nitrogen and oxygen atoms in total. The van der Waals surface area contributed by atoms with E-state index in [-0.39, 0.29) is 24.9 Å². The predicted octanol–water partition coefficient (Wildman–Crippen LogP) is 6.45. The van der Waals surface area contributed by atoms with Crippen molar-refractivity contribution in [2.75, 3.05) is 26.2 Å². The topological polar surface area (TPSA) is 73.6 Å². The summed E-state index contributed by atoms with van der Waals surface area (Å²) in [6.45, 7) is 7.42. The molecule has 1 heterocycles. The van der Waals surface area contributed by atoms with Gasteiger partial charge in [0.15, 0.2) is 0 Å². The van der Waals surface area contributed by atoms with Gasteiger partial charge < -0.3 is 14.5 Å². The third-order valence-electron chi connectivity index (χ3n) is 9.41. The van der Waals surface area contributed by atoms with Gasteiger partial charge in [-0.3, -0.25) is 9.59 Å². The molecule has 0 N–H and O–H groups in total. The Balaban J connectivity index is 1.36. The van der Waals surface area contributed by atoms with E-state index in [4.69, 9.17) is 10.00 Å². The van der Waals surface area contributed by atoms with E-state index in [0.717, 1.165) is 34.4 Å². The van der Waals surface area contributed by atoms with Gasteiger partial charge in [-0.05, 0) is 94.5 Å². The number of benzene rings is 2. The monoisotopic (exact) mass is 609 g/mol. The van der Waals surface area contributed by atoms with E-state index in [0.29, 0.717) is 45.3 Å². The van der Waals surface area contributed by atoms with Gasteiger partial charge in [-0.2, -0.15) is 18.4 Å². The van der Waals surface area contributed by atoms with Gasteiger partial charge in [-0.15, -0.1) is 0 Å². The van der Waals surface area contributed by atoms with Crippen LogP contribution < -0.4 is 0 Å². The van der Waals surface area contributed by atoms with E-state index < -0.39 is 34.6 Å². The van der Waals surface area contributed by atoms with E-state index >= 15 is 0 Å². The van der Waals surface area contributed by atoms with Crippen molar-refractivity contribution in [1.82, 2.24) is 9.80 Å². The number of esters is 1. The van der Waals surface area contributed by atoms with Crippen LogP contribution in [0.25, 0.3) is 0 Å². The lowest BCUT2D eigenvalue weighted by atomic mass is 9.73. The minimum absolute atomic E-state index is 0.0182. The molecule has 44 heavy (non-hydrogen) atoms. The number of carbonyl (C=O) groups is 2. The highest BCUT2D eigenvalue weighted by molar-refractivity contribution is 5.83. The first-order valence-electron chi connectivity index (χ1n) is 15.6. The number of amides is 1. The Hall–Kier alpha value is -3.38. The minimum atomic E-state index is -4.96. The molecule has 3 aliphatic rings. The summed E-state index contributed by atoms with van der Waals surface area (Å²) in [5.41, 5.74) is 1.16.